The van der Waals surface area contributed by atoms with Crippen molar-refractivity contribution in [1.29, 1.82) is 0 Å². The van der Waals surface area contributed by atoms with Crippen LogP contribution in [0.15, 0.2) is 152 Å². The number of fused-ring (bicyclic) bond motifs is 3. The first-order valence-corrected chi connectivity index (χ1v) is 23.6. The van der Waals surface area contributed by atoms with Crippen molar-refractivity contribution in [1.82, 2.24) is 14.1 Å². The maximum Gasteiger partial charge on any atom is 0.267 e. The van der Waals surface area contributed by atoms with Gasteiger partial charge in [-0.25, -0.2) is 4.98 Å². The van der Waals surface area contributed by atoms with Crippen LogP contribution in [0.2, 0.25) is 0 Å². The zero-order valence-electron chi connectivity index (χ0n) is 41.9. The number of benzene rings is 6. The summed E-state index contributed by atoms with van der Waals surface area (Å²) in [7, 11) is 0. The zero-order valence-corrected chi connectivity index (χ0v) is 44.2. The molecule has 0 radical (unpaired) electrons. The van der Waals surface area contributed by atoms with E-state index in [4.69, 9.17) is 9.72 Å². The summed E-state index contributed by atoms with van der Waals surface area (Å²) in [6.07, 6.45) is 7.89. The van der Waals surface area contributed by atoms with Gasteiger partial charge in [-0.1, -0.05) is 174 Å². The Kier molecular flexibility index (Phi) is 12.7. The maximum absolute atomic E-state index is 6.74. The average molecular weight is 1080 g/mol. The molecule has 0 aliphatic heterocycles. The fourth-order valence-electron chi connectivity index (χ4n) is 9.13. The van der Waals surface area contributed by atoms with E-state index in [0.29, 0.717) is 11.5 Å². The number of rotatable bonds is 9. The monoisotopic (exact) mass is 1080 g/mol. The standard InChI is InChI=1S/C62H64N4O.Pt/c1-58(2,3)44-31-32-63-57(37-44)66-54-30-27-45(61(10,11)42-21-16-14-17-22-42)36-53(54)52-29-28-51(39-55(52)66)67-50-26-20-25-48(38-50)64-40-56(62(12,13)43-23-18-15-19-24-43)65(41-64)49-34-46(59(4,5)6)33-47(35-49)60(7,8)9;/h14-37,40H,1-13H3;/q-2;. The molecule has 0 saturated heterocycles. The minimum absolute atomic E-state index is 0. The molecule has 0 saturated carbocycles. The molecule has 68 heavy (non-hydrogen) atoms. The Labute approximate surface area is 419 Å². The molecule has 0 N–H and O–H groups in total. The van der Waals surface area contributed by atoms with Crippen LogP contribution in [0, 0.1) is 18.5 Å². The number of nitrogens with zero attached hydrogens (tertiary/aromatic N) is 4. The van der Waals surface area contributed by atoms with Crippen LogP contribution in [0.25, 0.3) is 39.0 Å². The molecule has 0 bridgehead atoms. The molecule has 6 aromatic carbocycles. The van der Waals surface area contributed by atoms with Crippen LogP contribution in [-0.4, -0.2) is 14.1 Å². The van der Waals surface area contributed by atoms with Crippen LogP contribution in [0.4, 0.5) is 0 Å². The molecular weight excluding hydrogens is 1010 g/mol. The van der Waals surface area contributed by atoms with Gasteiger partial charge in [-0.05, 0) is 91.0 Å². The Morgan fingerprint density at radius 3 is 1.72 bits per heavy atom. The summed E-state index contributed by atoms with van der Waals surface area (Å²) in [6.45, 7) is 29.6. The number of hydrogen-bond acceptors (Lipinski definition) is 2. The molecule has 3 heterocycles. The first kappa shape index (κ1) is 48.4. The second-order valence-corrected chi connectivity index (χ2v) is 22.4. The molecule has 0 atom stereocenters. The minimum Gasteiger partial charge on any atom is -0.510 e. The predicted molar refractivity (Wildman–Crippen MR) is 276 cm³/mol. The predicted octanol–water partition coefficient (Wildman–Crippen LogP) is 15.0. The van der Waals surface area contributed by atoms with Gasteiger partial charge in [0.1, 0.15) is 5.82 Å². The van der Waals surface area contributed by atoms with Gasteiger partial charge < -0.3 is 13.9 Å². The van der Waals surface area contributed by atoms with Gasteiger partial charge in [-0.2, -0.15) is 18.2 Å². The first-order valence-electron chi connectivity index (χ1n) is 23.6. The Hall–Kier alpha value is -6.03. The van der Waals surface area contributed by atoms with Crippen LogP contribution >= 0.6 is 0 Å². The van der Waals surface area contributed by atoms with E-state index >= 15 is 0 Å². The summed E-state index contributed by atoms with van der Waals surface area (Å²) in [5, 5.41) is 2.23. The van der Waals surface area contributed by atoms with E-state index in [2.05, 4.69) is 250 Å². The van der Waals surface area contributed by atoms with Crippen molar-refractivity contribution >= 4 is 21.8 Å². The second kappa shape index (κ2) is 17.8. The summed E-state index contributed by atoms with van der Waals surface area (Å²) >= 11 is 0. The largest absolute Gasteiger partial charge is 0.510 e. The molecule has 350 valence electrons. The van der Waals surface area contributed by atoms with E-state index in [-0.39, 0.29) is 48.1 Å². The van der Waals surface area contributed by atoms with Crippen LogP contribution in [-0.2, 0) is 48.1 Å². The van der Waals surface area contributed by atoms with E-state index in [1.165, 1.54) is 33.4 Å². The van der Waals surface area contributed by atoms with Crippen molar-refractivity contribution in [3.63, 3.8) is 0 Å². The van der Waals surface area contributed by atoms with Gasteiger partial charge in [0.2, 0.25) is 0 Å². The van der Waals surface area contributed by atoms with E-state index in [1.807, 2.05) is 24.4 Å². The van der Waals surface area contributed by atoms with Gasteiger partial charge in [0.25, 0.3) is 6.33 Å². The number of ether oxygens (including phenoxy) is 1. The van der Waals surface area contributed by atoms with Crippen molar-refractivity contribution in [3.05, 3.63) is 209 Å². The molecule has 0 aliphatic carbocycles. The van der Waals surface area contributed by atoms with E-state index in [9.17, 15) is 0 Å². The number of hydrogen-bond donors (Lipinski definition) is 0. The van der Waals surface area contributed by atoms with Crippen molar-refractivity contribution in [3.8, 4) is 28.7 Å². The molecule has 0 aliphatic rings. The molecule has 0 fully saturated rings. The molecule has 0 unspecified atom stereocenters. The van der Waals surface area contributed by atoms with Crippen molar-refractivity contribution < 1.29 is 30.4 Å². The summed E-state index contributed by atoms with van der Waals surface area (Å²) in [6, 6.07) is 57.2. The molecule has 9 rings (SSSR count). The van der Waals surface area contributed by atoms with Crippen LogP contribution in [0.5, 0.6) is 11.5 Å². The van der Waals surface area contributed by atoms with Crippen molar-refractivity contribution in [2.45, 2.75) is 117 Å². The number of aromatic nitrogens is 4. The molecule has 0 spiro atoms. The van der Waals surface area contributed by atoms with Gasteiger partial charge in [0, 0.05) is 61.3 Å². The van der Waals surface area contributed by atoms with Crippen LogP contribution < -0.4 is 9.30 Å². The molecule has 5 nitrogen and oxygen atoms in total. The Morgan fingerprint density at radius 1 is 0.500 bits per heavy atom. The van der Waals surface area contributed by atoms with Crippen LogP contribution in [0.1, 0.15) is 129 Å². The SMILES string of the molecule is CC(C)(C)c1cc(-[n+]2[c-]n(-c3[c-]c(Oc4[c-]c5c(cc4)c4cc(C(C)(C)c6ccccc6)ccc4n5-c4cc(C(C)(C)C)ccn4)ccc3)cc2C(C)(C)c2ccccc2)cc(C(C)(C)C)c1.[Pt]. The Morgan fingerprint density at radius 2 is 1.10 bits per heavy atom. The second-order valence-electron chi connectivity index (χ2n) is 22.4. The molecular formula is C62H64N4OPt-2. The van der Waals surface area contributed by atoms with Gasteiger partial charge >= 0.3 is 0 Å². The Bertz CT molecular complexity index is 3230. The molecule has 0 amide bonds. The van der Waals surface area contributed by atoms with Gasteiger partial charge in [0.15, 0.2) is 0 Å². The van der Waals surface area contributed by atoms with E-state index in [1.54, 1.807) is 0 Å². The molecule has 9 aromatic rings. The summed E-state index contributed by atoms with van der Waals surface area (Å²) in [4.78, 5) is 4.96. The fourth-order valence-corrected chi connectivity index (χ4v) is 9.13. The fraction of sp³-hybridized carbons (Fsp3) is 0.290. The smallest absolute Gasteiger partial charge is 0.267 e. The molecule has 3 aromatic heterocycles. The summed E-state index contributed by atoms with van der Waals surface area (Å²) in [5.74, 6) is 2.02. The Balaban J connectivity index is 0.00000625. The van der Waals surface area contributed by atoms with Gasteiger partial charge in [-0.3, -0.25) is 4.57 Å². The van der Waals surface area contributed by atoms with Crippen molar-refractivity contribution in [2.24, 2.45) is 0 Å². The van der Waals surface area contributed by atoms with E-state index in [0.717, 1.165) is 44.7 Å². The number of imidazole rings is 1. The summed E-state index contributed by atoms with van der Waals surface area (Å²) in [5.41, 5.74) is 11.8. The third-order valence-corrected chi connectivity index (χ3v) is 13.7. The maximum atomic E-state index is 6.74. The topological polar surface area (TPSA) is 35.9 Å². The van der Waals surface area contributed by atoms with Crippen molar-refractivity contribution in [2.75, 3.05) is 0 Å². The third-order valence-electron chi connectivity index (χ3n) is 13.7. The molecule has 6 heteroatoms. The summed E-state index contributed by atoms with van der Waals surface area (Å²) < 4.78 is 13.3. The third kappa shape index (κ3) is 9.27. The average Bonchev–Trinajstić information content (AvgIpc) is 3.89. The van der Waals surface area contributed by atoms with Gasteiger partial charge in [0.05, 0.1) is 11.4 Å². The van der Waals surface area contributed by atoms with E-state index < -0.39 is 0 Å². The number of pyridine rings is 1. The minimum atomic E-state index is -0.362. The van der Waals surface area contributed by atoms with Gasteiger partial charge in [-0.15, -0.1) is 29.7 Å². The van der Waals surface area contributed by atoms with Crippen LogP contribution in [0.3, 0.4) is 0 Å². The normalized spacial score (nSPS) is 12.7. The quantitative estimate of drug-likeness (QED) is 0.107. The first-order chi connectivity index (χ1) is 31.6. The zero-order chi connectivity index (χ0) is 47.7.